The number of hydrogen-bond donors (Lipinski definition) is 1. The molecule has 1 aromatic rings. The fraction of sp³-hybridized carbons (Fsp3) is 0.286. The van der Waals surface area contributed by atoms with E-state index in [1.807, 2.05) is 6.92 Å². The first-order valence-corrected chi connectivity index (χ1v) is 7.13. The Morgan fingerprint density at radius 1 is 1.60 bits per heavy atom. The number of carbonyl (C=O) groups is 1. The van der Waals surface area contributed by atoms with Crippen molar-refractivity contribution in [2.45, 2.75) is 19.8 Å². The molecule has 0 heterocycles. The van der Waals surface area contributed by atoms with Crippen LogP contribution in [0, 0.1) is 11.3 Å². The highest BCUT2D eigenvalue weighted by molar-refractivity contribution is 9.10. The van der Waals surface area contributed by atoms with Crippen molar-refractivity contribution in [2.75, 3.05) is 6.61 Å². The standard InChI is InChI=1S/C14H13BrClNO3/c1-2-3-4-20-13-9(5-10(8-17)14(18)19)6-11(16)7-12(13)15/h5-7H,2-4H2,1H3,(H,18,19). The Morgan fingerprint density at radius 3 is 2.85 bits per heavy atom. The second-order valence-corrected chi connectivity index (χ2v) is 5.27. The normalized spacial score (nSPS) is 11.0. The number of benzene rings is 1. The van der Waals surface area contributed by atoms with Crippen LogP contribution in [0.25, 0.3) is 6.08 Å². The molecule has 106 valence electrons. The van der Waals surface area contributed by atoms with Gasteiger partial charge in [0.15, 0.2) is 0 Å². The van der Waals surface area contributed by atoms with Crippen molar-refractivity contribution in [2.24, 2.45) is 0 Å². The second kappa shape index (κ2) is 7.93. The molecule has 1 N–H and O–H groups in total. The molecule has 0 aliphatic rings. The van der Waals surface area contributed by atoms with Crippen LogP contribution in [0.4, 0.5) is 0 Å². The van der Waals surface area contributed by atoms with Crippen molar-refractivity contribution in [3.05, 3.63) is 32.8 Å². The van der Waals surface area contributed by atoms with Crippen molar-refractivity contribution in [3.63, 3.8) is 0 Å². The summed E-state index contributed by atoms with van der Waals surface area (Å²) in [4.78, 5) is 10.9. The van der Waals surface area contributed by atoms with Crippen LogP contribution in [0.1, 0.15) is 25.3 Å². The molecule has 0 saturated heterocycles. The predicted molar refractivity (Wildman–Crippen MR) is 80.8 cm³/mol. The molecule has 0 radical (unpaired) electrons. The molecule has 0 spiro atoms. The third kappa shape index (κ3) is 4.55. The van der Waals surface area contributed by atoms with Crippen molar-refractivity contribution < 1.29 is 14.6 Å². The molecule has 0 amide bonds. The van der Waals surface area contributed by atoms with Crippen LogP contribution in [-0.4, -0.2) is 17.7 Å². The maximum absolute atomic E-state index is 10.9. The van der Waals surface area contributed by atoms with E-state index < -0.39 is 5.97 Å². The fourth-order valence-corrected chi connectivity index (χ4v) is 2.40. The van der Waals surface area contributed by atoms with E-state index in [9.17, 15) is 4.79 Å². The van der Waals surface area contributed by atoms with Gasteiger partial charge in [-0.15, -0.1) is 0 Å². The number of halogens is 2. The zero-order valence-corrected chi connectivity index (χ0v) is 13.2. The van der Waals surface area contributed by atoms with Crippen molar-refractivity contribution in [3.8, 4) is 11.8 Å². The monoisotopic (exact) mass is 357 g/mol. The first-order chi connectivity index (χ1) is 9.49. The largest absolute Gasteiger partial charge is 0.492 e. The number of hydrogen-bond acceptors (Lipinski definition) is 3. The molecule has 0 atom stereocenters. The zero-order valence-electron chi connectivity index (χ0n) is 10.8. The van der Waals surface area contributed by atoms with Gasteiger partial charge in [-0.05, 0) is 40.6 Å². The Bertz CT molecular complexity index is 579. The van der Waals surface area contributed by atoms with Gasteiger partial charge >= 0.3 is 5.97 Å². The predicted octanol–water partition coefficient (Wildman–Crippen LogP) is 4.27. The lowest BCUT2D eigenvalue weighted by Gasteiger charge is -2.12. The zero-order chi connectivity index (χ0) is 15.1. The van der Waals surface area contributed by atoms with E-state index in [2.05, 4.69) is 15.9 Å². The first-order valence-electron chi connectivity index (χ1n) is 5.96. The first kappa shape index (κ1) is 16.5. The van der Waals surface area contributed by atoms with Crippen molar-refractivity contribution in [1.82, 2.24) is 0 Å². The van der Waals surface area contributed by atoms with E-state index >= 15 is 0 Å². The lowest BCUT2D eigenvalue weighted by molar-refractivity contribution is -0.132. The molecule has 6 heteroatoms. The van der Waals surface area contributed by atoms with Gasteiger partial charge in [-0.25, -0.2) is 4.79 Å². The Labute approximate surface area is 130 Å². The fourth-order valence-electron chi connectivity index (χ4n) is 1.46. The molecule has 0 aliphatic carbocycles. The van der Waals surface area contributed by atoms with Gasteiger partial charge in [0.1, 0.15) is 17.4 Å². The molecule has 0 aromatic heterocycles. The minimum absolute atomic E-state index is 0.375. The lowest BCUT2D eigenvalue weighted by atomic mass is 10.1. The quantitative estimate of drug-likeness (QED) is 0.468. The highest BCUT2D eigenvalue weighted by atomic mass is 79.9. The van der Waals surface area contributed by atoms with Crippen LogP contribution in [0.15, 0.2) is 22.2 Å². The topological polar surface area (TPSA) is 70.3 Å². The van der Waals surface area contributed by atoms with Crippen molar-refractivity contribution in [1.29, 1.82) is 5.26 Å². The van der Waals surface area contributed by atoms with E-state index in [1.54, 1.807) is 18.2 Å². The van der Waals surface area contributed by atoms with Crippen LogP contribution in [-0.2, 0) is 4.79 Å². The third-order valence-corrected chi connectivity index (χ3v) is 3.24. The maximum atomic E-state index is 10.9. The smallest absolute Gasteiger partial charge is 0.346 e. The maximum Gasteiger partial charge on any atom is 0.346 e. The van der Waals surface area contributed by atoms with E-state index in [0.29, 0.717) is 27.4 Å². The minimum atomic E-state index is -1.29. The van der Waals surface area contributed by atoms with E-state index in [-0.39, 0.29) is 5.57 Å². The number of ether oxygens (including phenoxy) is 1. The van der Waals surface area contributed by atoms with Gasteiger partial charge in [0.05, 0.1) is 11.1 Å². The van der Waals surface area contributed by atoms with Crippen LogP contribution in [0.3, 0.4) is 0 Å². The highest BCUT2D eigenvalue weighted by Crippen LogP contribution is 2.34. The lowest BCUT2D eigenvalue weighted by Crippen LogP contribution is -2.01. The summed E-state index contributed by atoms with van der Waals surface area (Å²) in [5.74, 6) is -0.806. The number of nitriles is 1. The minimum Gasteiger partial charge on any atom is -0.492 e. The summed E-state index contributed by atoms with van der Waals surface area (Å²) in [7, 11) is 0. The Kier molecular flexibility index (Phi) is 6.56. The number of nitrogens with zero attached hydrogens (tertiary/aromatic N) is 1. The molecule has 0 aliphatic heterocycles. The average Bonchev–Trinajstić information content (AvgIpc) is 2.38. The molecule has 20 heavy (non-hydrogen) atoms. The van der Waals surface area contributed by atoms with Crippen molar-refractivity contribution >= 4 is 39.6 Å². The summed E-state index contributed by atoms with van der Waals surface area (Å²) in [6.07, 6.45) is 3.11. The van der Waals surface area contributed by atoms with Gasteiger partial charge in [0.25, 0.3) is 0 Å². The number of rotatable bonds is 6. The van der Waals surface area contributed by atoms with E-state index in [0.717, 1.165) is 12.8 Å². The summed E-state index contributed by atoms with van der Waals surface area (Å²) in [6.45, 7) is 2.55. The summed E-state index contributed by atoms with van der Waals surface area (Å²) < 4.78 is 6.26. The molecular formula is C14H13BrClNO3. The number of aliphatic carboxylic acids is 1. The average molecular weight is 359 g/mol. The van der Waals surface area contributed by atoms with Crippen LogP contribution in [0.2, 0.25) is 5.02 Å². The SMILES string of the molecule is CCCCOc1c(Br)cc(Cl)cc1C=C(C#N)C(=O)O. The number of carboxylic acid groups (broad SMARTS) is 1. The third-order valence-electron chi connectivity index (χ3n) is 2.43. The molecule has 1 rings (SSSR count). The van der Waals surface area contributed by atoms with Gasteiger partial charge in [-0.3, -0.25) is 0 Å². The summed E-state index contributed by atoms with van der Waals surface area (Å²) in [5, 5.41) is 18.1. The Hall–Kier alpha value is -1.51. The van der Waals surface area contributed by atoms with Crippen LogP contribution >= 0.6 is 27.5 Å². The van der Waals surface area contributed by atoms with Gasteiger partial charge < -0.3 is 9.84 Å². The van der Waals surface area contributed by atoms with Gasteiger partial charge in [0, 0.05) is 10.6 Å². The Morgan fingerprint density at radius 2 is 2.30 bits per heavy atom. The second-order valence-electron chi connectivity index (χ2n) is 3.98. The highest BCUT2D eigenvalue weighted by Gasteiger charge is 2.12. The van der Waals surface area contributed by atoms with Gasteiger partial charge in [-0.2, -0.15) is 5.26 Å². The van der Waals surface area contributed by atoms with Crippen LogP contribution < -0.4 is 4.74 Å². The molecule has 4 nitrogen and oxygen atoms in total. The molecule has 1 aromatic carbocycles. The number of unbranched alkanes of at least 4 members (excludes halogenated alkanes) is 1. The summed E-state index contributed by atoms with van der Waals surface area (Å²) in [5.41, 5.74) is 0.0823. The molecule has 0 saturated carbocycles. The molecule has 0 fully saturated rings. The van der Waals surface area contributed by atoms with Crippen LogP contribution in [0.5, 0.6) is 5.75 Å². The molecule has 0 bridgehead atoms. The number of carboxylic acids is 1. The summed E-state index contributed by atoms with van der Waals surface area (Å²) >= 11 is 9.27. The van der Waals surface area contributed by atoms with E-state index in [4.69, 9.17) is 26.7 Å². The molecule has 0 unspecified atom stereocenters. The van der Waals surface area contributed by atoms with Gasteiger partial charge in [-0.1, -0.05) is 24.9 Å². The van der Waals surface area contributed by atoms with E-state index in [1.165, 1.54) is 6.08 Å². The summed E-state index contributed by atoms with van der Waals surface area (Å²) in [6, 6.07) is 4.85. The molecular weight excluding hydrogens is 346 g/mol. The van der Waals surface area contributed by atoms with Gasteiger partial charge in [0.2, 0.25) is 0 Å². The Balaban J connectivity index is 3.22.